The van der Waals surface area contributed by atoms with Crippen LogP contribution in [-0.2, 0) is 4.79 Å². The fraction of sp³-hybridized carbons (Fsp3) is 0.667. The van der Waals surface area contributed by atoms with E-state index in [2.05, 4.69) is 15.5 Å². The molecule has 0 spiro atoms. The van der Waals surface area contributed by atoms with Crippen LogP contribution >= 0.6 is 0 Å². The second kappa shape index (κ2) is 3.98. The summed E-state index contributed by atoms with van der Waals surface area (Å²) < 4.78 is 4.75. The highest BCUT2D eigenvalue weighted by Gasteiger charge is 2.28. The van der Waals surface area contributed by atoms with Gasteiger partial charge in [0.05, 0.1) is 6.04 Å². The van der Waals surface area contributed by atoms with Crippen LogP contribution in [0.4, 0.5) is 6.01 Å². The summed E-state index contributed by atoms with van der Waals surface area (Å²) in [6, 6.07) is -0.540. The lowest BCUT2D eigenvalue weighted by Crippen LogP contribution is -2.45. The van der Waals surface area contributed by atoms with Crippen molar-refractivity contribution in [1.29, 1.82) is 0 Å². The van der Waals surface area contributed by atoms with E-state index >= 15 is 0 Å². The van der Waals surface area contributed by atoms with Crippen molar-refractivity contribution in [2.45, 2.75) is 33.7 Å². The van der Waals surface area contributed by atoms with Gasteiger partial charge in [-0.05, 0) is 12.3 Å². The Kier molecular flexibility index (Phi) is 3.09. The lowest BCUT2D eigenvalue weighted by Gasteiger charge is -2.24. The van der Waals surface area contributed by atoms with E-state index in [1.807, 2.05) is 20.8 Å². The Morgan fingerprint density at radius 3 is 2.53 bits per heavy atom. The van der Waals surface area contributed by atoms with E-state index in [9.17, 15) is 4.79 Å². The molecule has 0 fully saturated rings. The van der Waals surface area contributed by atoms with Gasteiger partial charge in [-0.3, -0.25) is 10.1 Å². The summed E-state index contributed by atoms with van der Waals surface area (Å²) in [5.41, 5.74) is 5.44. The first-order valence-corrected chi connectivity index (χ1v) is 4.67. The zero-order valence-corrected chi connectivity index (χ0v) is 9.37. The molecule has 15 heavy (non-hydrogen) atoms. The molecule has 0 saturated heterocycles. The molecule has 0 radical (unpaired) electrons. The molecule has 1 atom stereocenters. The summed E-state index contributed by atoms with van der Waals surface area (Å²) >= 11 is 0. The fourth-order valence-corrected chi connectivity index (χ4v) is 0.924. The molecule has 0 saturated carbocycles. The Balaban J connectivity index is 2.64. The van der Waals surface area contributed by atoms with E-state index < -0.39 is 6.04 Å². The monoisotopic (exact) mass is 212 g/mol. The zero-order valence-electron chi connectivity index (χ0n) is 9.37. The van der Waals surface area contributed by atoms with Gasteiger partial charge in [0.1, 0.15) is 0 Å². The Labute approximate surface area is 88.2 Å². The van der Waals surface area contributed by atoms with Crippen LogP contribution in [0.25, 0.3) is 0 Å². The van der Waals surface area contributed by atoms with E-state index in [0.717, 1.165) is 0 Å². The first-order chi connectivity index (χ1) is 6.80. The highest BCUT2D eigenvalue weighted by Crippen LogP contribution is 2.18. The highest BCUT2D eigenvalue weighted by atomic mass is 16.5. The molecule has 0 aromatic carbocycles. The molecule has 1 heterocycles. The van der Waals surface area contributed by atoms with Gasteiger partial charge in [0, 0.05) is 0 Å². The van der Waals surface area contributed by atoms with Crippen LogP contribution in [0.5, 0.6) is 0 Å². The number of hydrogen-bond donors (Lipinski definition) is 2. The van der Waals surface area contributed by atoms with Crippen molar-refractivity contribution in [2.24, 2.45) is 11.1 Å². The number of nitrogens with two attached hydrogens (primary N) is 1. The predicted molar refractivity (Wildman–Crippen MR) is 55.1 cm³/mol. The SMILES string of the molecule is Cc1noc(NC(=O)[C@@H](N)C(C)(C)C)n1. The summed E-state index contributed by atoms with van der Waals surface area (Å²) in [5.74, 6) is 0.140. The van der Waals surface area contributed by atoms with Gasteiger partial charge in [0.25, 0.3) is 0 Å². The predicted octanol–water partition coefficient (Wildman–Crippen LogP) is 0.690. The number of hydrogen-bond acceptors (Lipinski definition) is 5. The van der Waals surface area contributed by atoms with Crippen LogP contribution in [-0.4, -0.2) is 22.1 Å². The van der Waals surface area contributed by atoms with E-state index in [0.29, 0.717) is 5.82 Å². The second-order valence-corrected chi connectivity index (χ2v) is 4.48. The number of aryl methyl sites for hydroxylation is 1. The standard InChI is InChI=1S/C9H16N4O2/c1-5-11-8(15-13-5)12-7(14)6(10)9(2,3)4/h6H,10H2,1-4H3,(H,11,12,13,14)/t6-/m1/s1. The molecule has 0 bridgehead atoms. The van der Waals surface area contributed by atoms with Crippen molar-refractivity contribution >= 4 is 11.9 Å². The second-order valence-electron chi connectivity index (χ2n) is 4.48. The van der Waals surface area contributed by atoms with Gasteiger partial charge >= 0.3 is 6.01 Å². The maximum Gasteiger partial charge on any atom is 0.328 e. The molecule has 1 aromatic rings. The molecule has 1 amide bonds. The smallest absolute Gasteiger partial charge is 0.319 e. The van der Waals surface area contributed by atoms with Crippen molar-refractivity contribution in [3.8, 4) is 0 Å². The van der Waals surface area contributed by atoms with Crippen LogP contribution < -0.4 is 11.1 Å². The van der Waals surface area contributed by atoms with Crippen LogP contribution in [0, 0.1) is 12.3 Å². The first-order valence-electron chi connectivity index (χ1n) is 4.67. The Bertz CT molecular complexity index is 353. The molecular weight excluding hydrogens is 196 g/mol. The zero-order chi connectivity index (χ0) is 11.6. The van der Waals surface area contributed by atoms with Gasteiger partial charge in [0.15, 0.2) is 5.82 Å². The quantitative estimate of drug-likeness (QED) is 0.752. The molecule has 1 aromatic heterocycles. The van der Waals surface area contributed by atoms with E-state index in [-0.39, 0.29) is 17.3 Å². The van der Waals surface area contributed by atoms with Crippen LogP contribution in [0.15, 0.2) is 4.52 Å². The van der Waals surface area contributed by atoms with E-state index in [1.54, 1.807) is 6.92 Å². The molecule has 0 aliphatic rings. The molecule has 0 aliphatic heterocycles. The van der Waals surface area contributed by atoms with Crippen molar-refractivity contribution in [2.75, 3.05) is 5.32 Å². The Morgan fingerprint density at radius 2 is 2.13 bits per heavy atom. The maximum atomic E-state index is 11.6. The van der Waals surface area contributed by atoms with Gasteiger partial charge in [-0.1, -0.05) is 25.9 Å². The average molecular weight is 212 g/mol. The number of aromatic nitrogens is 2. The highest BCUT2D eigenvalue weighted by molar-refractivity contribution is 5.93. The molecular formula is C9H16N4O2. The van der Waals surface area contributed by atoms with Gasteiger partial charge in [0.2, 0.25) is 5.91 Å². The Hall–Kier alpha value is -1.43. The third kappa shape index (κ3) is 3.02. The van der Waals surface area contributed by atoms with E-state index in [4.69, 9.17) is 10.3 Å². The largest absolute Gasteiger partial charge is 0.328 e. The summed E-state index contributed by atoms with van der Waals surface area (Å²) in [6.07, 6.45) is 0. The van der Waals surface area contributed by atoms with Crippen LogP contribution in [0.3, 0.4) is 0 Å². The lowest BCUT2D eigenvalue weighted by molar-refractivity contribution is -0.119. The number of carbonyl (C=O) groups is 1. The van der Waals surface area contributed by atoms with Gasteiger partial charge < -0.3 is 10.3 Å². The van der Waals surface area contributed by atoms with Crippen molar-refractivity contribution < 1.29 is 9.32 Å². The maximum absolute atomic E-state index is 11.6. The van der Waals surface area contributed by atoms with Gasteiger partial charge in [-0.2, -0.15) is 4.98 Å². The molecule has 6 heteroatoms. The minimum atomic E-state index is -0.621. The summed E-state index contributed by atoms with van der Waals surface area (Å²) in [5, 5.41) is 6.01. The minimum absolute atomic E-state index is 0.0807. The molecule has 84 valence electrons. The number of rotatable bonds is 2. The average Bonchev–Trinajstić information content (AvgIpc) is 2.48. The van der Waals surface area contributed by atoms with Crippen molar-refractivity contribution in [1.82, 2.24) is 10.1 Å². The topological polar surface area (TPSA) is 94.0 Å². The van der Waals surface area contributed by atoms with Gasteiger partial charge in [-0.25, -0.2) is 0 Å². The first kappa shape index (κ1) is 11.6. The summed E-state index contributed by atoms with van der Waals surface area (Å²) in [4.78, 5) is 15.5. The van der Waals surface area contributed by atoms with E-state index in [1.165, 1.54) is 0 Å². The van der Waals surface area contributed by atoms with Gasteiger partial charge in [-0.15, -0.1) is 0 Å². The molecule has 6 nitrogen and oxygen atoms in total. The molecule has 0 unspecified atom stereocenters. The van der Waals surface area contributed by atoms with Crippen LogP contribution in [0.2, 0.25) is 0 Å². The minimum Gasteiger partial charge on any atom is -0.319 e. The lowest BCUT2D eigenvalue weighted by atomic mass is 9.87. The summed E-state index contributed by atoms with van der Waals surface area (Å²) in [7, 11) is 0. The summed E-state index contributed by atoms with van der Waals surface area (Å²) in [6.45, 7) is 7.33. The van der Waals surface area contributed by atoms with Crippen molar-refractivity contribution in [3.05, 3.63) is 5.82 Å². The van der Waals surface area contributed by atoms with Crippen LogP contribution in [0.1, 0.15) is 26.6 Å². The number of anilines is 1. The third-order valence-electron chi connectivity index (χ3n) is 1.97. The fourth-order valence-electron chi connectivity index (χ4n) is 0.924. The molecule has 0 aliphatic carbocycles. The third-order valence-corrected chi connectivity index (χ3v) is 1.97. The molecule has 3 N–H and O–H groups in total. The number of nitrogens with one attached hydrogen (secondary N) is 1. The number of amides is 1. The Morgan fingerprint density at radius 1 is 1.53 bits per heavy atom. The number of nitrogens with zero attached hydrogens (tertiary/aromatic N) is 2. The normalized spacial score (nSPS) is 13.7. The molecule has 1 rings (SSSR count). The van der Waals surface area contributed by atoms with Crippen molar-refractivity contribution in [3.63, 3.8) is 0 Å². The number of carbonyl (C=O) groups excluding carboxylic acids is 1.